The van der Waals surface area contributed by atoms with Crippen molar-refractivity contribution in [1.82, 2.24) is 9.88 Å². The number of nitrogens with one attached hydrogen (secondary N) is 1. The predicted octanol–water partition coefficient (Wildman–Crippen LogP) is 5.96. The van der Waals surface area contributed by atoms with E-state index in [1.54, 1.807) is 10.6 Å². The van der Waals surface area contributed by atoms with E-state index in [1.165, 1.54) is 23.3 Å². The molecule has 0 fully saturated rings. The lowest BCUT2D eigenvalue weighted by atomic mass is 9.91. The molecule has 202 valence electrons. The van der Waals surface area contributed by atoms with Gasteiger partial charge in [0.05, 0.1) is 33.3 Å². The van der Waals surface area contributed by atoms with E-state index in [2.05, 4.69) is 24.4 Å². The zero-order valence-electron chi connectivity index (χ0n) is 21.8. The molecule has 0 aliphatic carbocycles. The smallest absolute Gasteiger partial charge is 0.322 e. The number of hydrogen-bond donors (Lipinski definition) is 2. The first-order valence-corrected chi connectivity index (χ1v) is 13.1. The molecule has 4 aromatic rings. The van der Waals surface area contributed by atoms with Crippen LogP contribution >= 0.6 is 23.2 Å². The molecule has 9 heteroatoms. The maximum Gasteiger partial charge on any atom is 0.322 e. The van der Waals surface area contributed by atoms with Gasteiger partial charge in [0.25, 0.3) is 11.5 Å². The highest BCUT2D eigenvalue weighted by atomic mass is 35.5. The molecule has 1 aromatic heterocycles. The SMILES string of the molecule is Cc1ccc(-c2c(C)c3ccccc3n(C)c2=O)c2c1CCCO2.O=C(O)CNC(=O)c1c(Cl)cccc1Cl. The molecule has 39 heavy (non-hydrogen) atoms. The maximum atomic E-state index is 13.1. The molecular formula is C30H28Cl2N2O5. The standard InChI is InChI=1S/C21H21NO2.C9H7Cl2NO3/c1-13-10-11-17(20-15(13)8-6-12-24-20)19-14(2)16-7-4-5-9-18(16)22(3)21(19)23;10-5-2-1-3-6(11)8(5)9(15)12-4-7(13)14/h4-5,7,9-11H,6,8,12H2,1-3H3;1-3H,4H2,(H,12,15)(H,13,14). The second-order valence-corrected chi connectivity index (χ2v) is 10.1. The van der Waals surface area contributed by atoms with Crippen molar-refractivity contribution in [3.8, 4) is 16.9 Å². The number of pyridine rings is 1. The molecule has 0 spiro atoms. The molecule has 0 unspecified atom stereocenters. The van der Waals surface area contributed by atoms with Crippen LogP contribution in [0.2, 0.25) is 10.0 Å². The van der Waals surface area contributed by atoms with E-state index in [4.69, 9.17) is 33.0 Å². The lowest BCUT2D eigenvalue weighted by Gasteiger charge is -2.23. The van der Waals surface area contributed by atoms with E-state index in [0.717, 1.165) is 52.8 Å². The summed E-state index contributed by atoms with van der Waals surface area (Å²) >= 11 is 11.5. The molecule has 1 aliphatic rings. The quantitative estimate of drug-likeness (QED) is 0.318. The van der Waals surface area contributed by atoms with Crippen LogP contribution in [0, 0.1) is 13.8 Å². The summed E-state index contributed by atoms with van der Waals surface area (Å²) in [6, 6.07) is 16.8. The van der Waals surface area contributed by atoms with Crippen molar-refractivity contribution in [3.63, 3.8) is 0 Å². The largest absolute Gasteiger partial charge is 0.493 e. The molecule has 0 saturated carbocycles. The van der Waals surface area contributed by atoms with Gasteiger partial charge in [-0.15, -0.1) is 0 Å². The number of benzene rings is 3. The van der Waals surface area contributed by atoms with Gasteiger partial charge in [0.15, 0.2) is 0 Å². The predicted molar refractivity (Wildman–Crippen MR) is 154 cm³/mol. The third-order valence-electron chi connectivity index (χ3n) is 6.73. The zero-order chi connectivity index (χ0) is 28.3. The van der Waals surface area contributed by atoms with Crippen LogP contribution in [0.15, 0.2) is 59.4 Å². The van der Waals surface area contributed by atoms with Crippen LogP contribution < -0.4 is 15.6 Å². The Morgan fingerprint density at radius 2 is 1.72 bits per heavy atom. The number of nitrogens with zero attached hydrogens (tertiary/aromatic N) is 1. The number of hydrogen-bond acceptors (Lipinski definition) is 4. The number of carbonyl (C=O) groups is 2. The fourth-order valence-corrected chi connectivity index (χ4v) is 5.32. The van der Waals surface area contributed by atoms with Crippen LogP contribution in [-0.2, 0) is 18.3 Å². The van der Waals surface area contributed by atoms with Crippen molar-refractivity contribution in [1.29, 1.82) is 0 Å². The lowest BCUT2D eigenvalue weighted by molar-refractivity contribution is -0.135. The Morgan fingerprint density at radius 1 is 1.03 bits per heavy atom. The number of carbonyl (C=O) groups excluding carboxylic acids is 1. The monoisotopic (exact) mass is 566 g/mol. The fourth-order valence-electron chi connectivity index (χ4n) is 4.75. The molecule has 0 atom stereocenters. The van der Waals surface area contributed by atoms with Crippen LogP contribution in [-0.4, -0.2) is 34.7 Å². The van der Waals surface area contributed by atoms with Gasteiger partial charge in [0, 0.05) is 18.0 Å². The normalized spacial score (nSPS) is 12.1. The fraction of sp³-hybridized carbons (Fsp3) is 0.233. The topological polar surface area (TPSA) is 97.6 Å². The summed E-state index contributed by atoms with van der Waals surface area (Å²) < 4.78 is 7.75. The summed E-state index contributed by atoms with van der Waals surface area (Å²) in [6.45, 7) is 4.40. The zero-order valence-corrected chi connectivity index (χ0v) is 23.3. The van der Waals surface area contributed by atoms with Crippen LogP contribution in [0.1, 0.15) is 33.5 Å². The Labute approximate surface area is 235 Å². The first kappa shape index (κ1) is 28.2. The molecule has 1 aliphatic heterocycles. The van der Waals surface area contributed by atoms with Gasteiger partial charge in [-0.1, -0.05) is 59.6 Å². The van der Waals surface area contributed by atoms with Gasteiger partial charge < -0.3 is 19.7 Å². The van der Waals surface area contributed by atoms with Crippen molar-refractivity contribution in [2.45, 2.75) is 26.7 Å². The van der Waals surface area contributed by atoms with Gasteiger partial charge in [-0.25, -0.2) is 0 Å². The lowest BCUT2D eigenvalue weighted by Crippen LogP contribution is -2.29. The molecule has 2 N–H and O–H groups in total. The van der Waals surface area contributed by atoms with E-state index in [0.29, 0.717) is 0 Å². The van der Waals surface area contributed by atoms with E-state index < -0.39 is 18.4 Å². The highest BCUT2D eigenvalue weighted by Crippen LogP contribution is 2.39. The van der Waals surface area contributed by atoms with Crippen LogP contribution in [0.3, 0.4) is 0 Å². The van der Waals surface area contributed by atoms with Crippen molar-refractivity contribution >= 4 is 46.0 Å². The molecule has 5 rings (SSSR count). The van der Waals surface area contributed by atoms with Crippen molar-refractivity contribution in [2.75, 3.05) is 13.2 Å². The van der Waals surface area contributed by atoms with Crippen molar-refractivity contribution in [2.24, 2.45) is 7.05 Å². The summed E-state index contributed by atoms with van der Waals surface area (Å²) in [6.07, 6.45) is 2.05. The molecule has 2 heterocycles. The van der Waals surface area contributed by atoms with Crippen LogP contribution in [0.5, 0.6) is 5.75 Å². The number of aryl methyl sites for hydroxylation is 3. The average Bonchev–Trinajstić information content (AvgIpc) is 2.92. The van der Waals surface area contributed by atoms with Gasteiger partial charge in [0.1, 0.15) is 12.3 Å². The van der Waals surface area contributed by atoms with E-state index >= 15 is 0 Å². The number of fused-ring (bicyclic) bond motifs is 2. The van der Waals surface area contributed by atoms with Gasteiger partial charge in [-0.3, -0.25) is 14.4 Å². The molecule has 1 amide bonds. The molecule has 7 nitrogen and oxygen atoms in total. The number of para-hydroxylation sites is 1. The summed E-state index contributed by atoms with van der Waals surface area (Å²) in [7, 11) is 1.84. The highest BCUT2D eigenvalue weighted by molar-refractivity contribution is 6.39. The number of carboxylic acid groups (broad SMARTS) is 1. The molecule has 0 bridgehead atoms. The summed E-state index contributed by atoms with van der Waals surface area (Å²) in [5.41, 5.74) is 6.28. The van der Waals surface area contributed by atoms with E-state index in [9.17, 15) is 14.4 Å². The van der Waals surface area contributed by atoms with E-state index in [1.807, 2.05) is 38.2 Å². The molecule has 0 radical (unpaired) electrons. The number of carboxylic acids is 1. The second-order valence-electron chi connectivity index (χ2n) is 9.24. The second kappa shape index (κ2) is 11.9. The Morgan fingerprint density at radius 3 is 2.41 bits per heavy atom. The van der Waals surface area contributed by atoms with Gasteiger partial charge in [0.2, 0.25) is 0 Å². The van der Waals surface area contributed by atoms with Gasteiger partial charge >= 0.3 is 5.97 Å². The van der Waals surface area contributed by atoms with E-state index in [-0.39, 0.29) is 21.2 Å². The number of ether oxygens (including phenoxy) is 1. The average molecular weight is 567 g/mol. The minimum absolute atomic E-state index is 0.0337. The van der Waals surface area contributed by atoms with Crippen molar-refractivity contribution in [3.05, 3.63) is 97.3 Å². The highest BCUT2D eigenvalue weighted by Gasteiger charge is 2.22. The Balaban J connectivity index is 0.000000204. The molecule has 3 aromatic carbocycles. The molecule has 0 saturated heterocycles. The van der Waals surface area contributed by atoms with Crippen LogP contribution in [0.25, 0.3) is 22.0 Å². The Hall–Kier alpha value is -3.81. The van der Waals surface area contributed by atoms with Gasteiger partial charge in [-0.05, 0) is 61.6 Å². The first-order chi connectivity index (χ1) is 18.6. The Bertz CT molecular complexity index is 1620. The summed E-state index contributed by atoms with van der Waals surface area (Å²) in [5, 5.41) is 12.0. The number of aliphatic carboxylic acids is 1. The van der Waals surface area contributed by atoms with Crippen molar-refractivity contribution < 1.29 is 19.4 Å². The van der Waals surface area contributed by atoms with Crippen LogP contribution in [0.4, 0.5) is 0 Å². The van der Waals surface area contributed by atoms with Gasteiger partial charge in [-0.2, -0.15) is 0 Å². The minimum atomic E-state index is -1.13. The first-order valence-electron chi connectivity index (χ1n) is 12.4. The summed E-state index contributed by atoms with van der Waals surface area (Å²) in [5.74, 6) is -0.837. The maximum absolute atomic E-state index is 13.1. The Kier molecular flexibility index (Phi) is 8.63. The molecular weight excluding hydrogens is 539 g/mol. The number of amides is 1. The number of halogens is 2. The third kappa shape index (κ3) is 5.79. The minimum Gasteiger partial charge on any atom is -0.493 e. The number of aromatic nitrogens is 1. The summed E-state index contributed by atoms with van der Waals surface area (Å²) in [4.78, 5) is 34.8. The third-order valence-corrected chi connectivity index (χ3v) is 7.36. The number of rotatable bonds is 4.